The Morgan fingerprint density at radius 1 is 1.00 bits per heavy atom. The second-order valence-corrected chi connectivity index (χ2v) is 7.37. The first-order valence-corrected chi connectivity index (χ1v) is 9.40. The summed E-state index contributed by atoms with van der Waals surface area (Å²) in [5, 5.41) is 6.70. The zero-order valence-corrected chi connectivity index (χ0v) is 15.5. The molecule has 4 heteroatoms. The van der Waals surface area contributed by atoms with Gasteiger partial charge in [0.15, 0.2) is 0 Å². The smallest absolute Gasteiger partial charge is 0.407 e. The monoisotopic (exact) mass is 352 g/mol. The van der Waals surface area contributed by atoms with Crippen molar-refractivity contribution in [2.24, 2.45) is 5.92 Å². The predicted molar refractivity (Wildman–Crippen MR) is 104 cm³/mol. The molecule has 1 unspecified atom stereocenters. The van der Waals surface area contributed by atoms with Crippen LogP contribution in [-0.2, 0) is 11.3 Å². The maximum Gasteiger partial charge on any atom is 0.407 e. The highest BCUT2D eigenvalue weighted by Crippen LogP contribution is 2.28. The molecule has 138 valence electrons. The first kappa shape index (κ1) is 18.5. The van der Waals surface area contributed by atoms with Crippen LogP contribution in [0, 0.1) is 5.92 Å². The van der Waals surface area contributed by atoms with Gasteiger partial charge in [-0.2, -0.15) is 0 Å². The molecule has 1 aliphatic carbocycles. The molecule has 0 aromatic heterocycles. The third-order valence-corrected chi connectivity index (χ3v) is 4.91. The second kappa shape index (κ2) is 8.86. The minimum atomic E-state index is -0.333. The molecule has 0 saturated heterocycles. The molecule has 3 rings (SSSR count). The first-order chi connectivity index (χ1) is 12.6. The van der Waals surface area contributed by atoms with Crippen molar-refractivity contribution >= 4 is 6.09 Å². The standard InChI is InChI=1S/C22H28N2O2/c1-16(2)21(18-11-7-4-8-12-18)23-19-13-20(14-19)24-22(25)26-15-17-9-5-3-6-10-17/h3-12,16,19-21,23H,13-15H2,1-2H3,(H,24,25). The van der Waals surface area contributed by atoms with Crippen LogP contribution in [0.5, 0.6) is 0 Å². The summed E-state index contributed by atoms with van der Waals surface area (Å²) in [6, 6.07) is 21.3. The molecule has 0 spiro atoms. The zero-order chi connectivity index (χ0) is 18.4. The minimum absolute atomic E-state index is 0.194. The lowest BCUT2D eigenvalue weighted by Crippen LogP contribution is -2.53. The van der Waals surface area contributed by atoms with Crippen molar-refractivity contribution in [1.29, 1.82) is 0 Å². The van der Waals surface area contributed by atoms with Crippen LogP contribution >= 0.6 is 0 Å². The Bertz CT molecular complexity index is 682. The Labute approximate surface area is 156 Å². The van der Waals surface area contributed by atoms with Gasteiger partial charge in [-0.15, -0.1) is 0 Å². The molecular formula is C22H28N2O2. The van der Waals surface area contributed by atoms with Crippen LogP contribution in [0.3, 0.4) is 0 Å². The Balaban J connectivity index is 1.40. The summed E-state index contributed by atoms with van der Waals surface area (Å²) in [6.45, 7) is 4.78. The molecule has 1 amide bonds. The fourth-order valence-electron chi connectivity index (χ4n) is 3.39. The maximum atomic E-state index is 11.9. The lowest BCUT2D eigenvalue weighted by atomic mass is 9.84. The predicted octanol–water partition coefficient (Wildman–Crippen LogP) is 4.43. The number of ether oxygens (including phenoxy) is 1. The highest BCUT2D eigenvalue weighted by atomic mass is 16.5. The fraction of sp³-hybridized carbons (Fsp3) is 0.409. The summed E-state index contributed by atoms with van der Waals surface area (Å²) in [4.78, 5) is 11.9. The molecule has 1 atom stereocenters. The van der Waals surface area contributed by atoms with Crippen LogP contribution in [0.15, 0.2) is 60.7 Å². The van der Waals surface area contributed by atoms with Crippen molar-refractivity contribution < 1.29 is 9.53 Å². The molecule has 1 saturated carbocycles. The number of carbonyl (C=O) groups is 1. The lowest BCUT2D eigenvalue weighted by molar-refractivity contribution is 0.123. The SMILES string of the molecule is CC(C)C(NC1CC(NC(=O)OCc2ccccc2)C1)c1ccccc1. The molecule has 4 nitrogen and oxygen atoms in total. The van der Waals surface area contributed by atoms with E-state index in [-0.39, 0.29) is 12.1 Å². The second-order valence-electron chi connectivity index (χ2n) is 7.37. The summed E-state index contributed by atoms with van der Waals surface area (Å²) in [7, 11) is 0. The minimum Gasteiger partial charge on any atom is -0.445 e. The third kappa shape index (κ3) is 5.09. The van der Waals surface area contributed by atoms with Crippen molar-refractivity contribution in [2.75, 3.05) is 0 Å². The molecule has 26 heavy (non-hydrogen) atoms. The van der Waals surface area contributed by atoms with Crippen LogP contribution in [0.25, 0.3) is 0 Å². The first-order valence-electron chi connectivity index (χ1n) is 9.40. The molecule has 0 radical (unpaired) electrons. The van der Waals surface area contributed by atoms with E-state index < -0.39 is 0 Å². The van der Waals surface area contributed by atoms with Gasteiger partial charge in [0.25, 0.3) is 0 Å². The lowest BCUT2D eigenvalue weighted by Gasteiger charge is -2.39. The van der Waals surface area contributed by atoms with Gasteiger partial charge >= 0.3 is 6.09 Å². The number of nitrogens with one attached hydrogen (secondary N) is 2. The fourth-order valence-corrected chi connectivity index (χ4v) is 3.39. The molecule has 0 aliphatic heterocycles. The Morgan fingerprint density at radius 3 is 2.23 bits per heavy atom. The largest absolute Gasteiger partial charge is 0.445 e. The molecule has 1 aliphatic rings. The van der Waals surface area contributed by atoms with Crippen LogP contribution in [-0.4, -0.2) is 18.2 Å². The van der Waals surface area contributed by atoms with Crippen LogP contribution < -0.4 is 10.6 Å². The van der Waals surface area contributed by atoms with E-state index in [0.29, 0.717) is 24.6 Å². The van der Waals surface area contributed by atoms with Gasteiger partial charge in [-0.3, -0.25) is 0 Å². The van der Waals surface area contributed by atoms with E-state index in [2.05, 4.69) is 48.7 Å². The average molecular weight is 352 g/mol. The van der Waals surface area contributed by atoms with E-state index in [1.54, 1.807) is 0 Å². The van der Waals surface area contributed by atoms with Crippen molar-refractivity contribution in [1.82, 2.24) is 10.6 Å². The number of alkyl carbamates (subject to hydrolysis) is 1. The third-order valence-electron chi connectivity index (χ3n) is 4.91. The van der Waals surface area contributed by atoms with Gasteiger partial charge in [0, 0.05) is 18.1 Å². The van der Waals surface area contributed by atoms with Gasteiger partial charge in [-0.05, 0) is 29.9 Å². The summed E-state index contributed by atoms with van der Waals surface area (Å²) in [5.74, 6) is 0.514. The van der Waals surface area contributed by atoms with Crippen LogP contribution in [0.1, 0.15) is 43.9 Å². The Hall–Kier alpha value is -2.33. The number of benzene rings is 2. The van der Waals surface area contributed by atoms with Crippen molar-refractivity contribution in [2.45, 2.75) is 51.4 Å². The van der Waals surface area contributed by atoms with Crippen LogP contribution in [0.4, 0.5) is 4.79 Å². The summed E-state index contributed by atoms with van der Waals surface area (Å²) >= 11 is 0. The summed E-state index contributed by atoms with van der Waals surface area (Å²) in [6.07, 6.45) is 1.55. The van der Waals surface area contributed by atoms with E-state index in [1.807, 2.05) is 36.4 Å². The van der Waals surface area contributed by atoms with Crippen LogP contribution in [0.2, 0.25) is 0 Å². The zero-order valence-electron chi connectivity index (χ0n) is 15.5. The number of hydrogen-bond donors (Lipinski definition) is 2. The molecule has 2 aromatic rings. The molecule has 2 N–H and O–H groups in total. The van der Waals surface area contributed by atoms with Gasteiger partial charge in [0.2, 0.25) is 0 Å². The van der Waals surface area contributed by atoms with E-state index in [9.17, 15) is 4.79 Å². The quantitative estimate of drug-likeness (QED) is 0.775. The van der Waals surface area contributed by atoms with E-state index in [4.69, 9.17) is 4.74 Å². The van der Waals surface area contributed by atoms with Gasteiger partial charge in [-0.25, -0.2) is 4.79 Å². The highest BCUT2D eigenvalue weighted by molar-refractivity contribution is 5.67. The van der Waals surface area contributed by atoms with Crippen molar-refractivity contribution in [3.05, 3.63) is 71.8 Å². The van der Waals surface area contributed by atoms with E-state index in [1.165, 1.54) is 5.56 Å². The number of carbonyl (C=O) groups excluding carboxylic acids is 1. The normalized spacial score (nSPS) is 20.3. The maximum absolute atomic E-state index is 11.9. The van der Waals surface area contributed by atoms with E-state index >= 15 is 0 Å². The van der Waals surface area contributed by atoms with Gasteiger partial charge in [-0.1, -0.05) is 74.5 Å². The Kier molecular flexibility index (Phi) is 6.29. The summed E-state index contributed by atoms with van der Waals surface area (Å²) in [5.41, 5.74) is 2.32. The number of amides is 1. The molecule has 0 heterocycles. The molecule has 2 aromatic carbocycles. The van der Waals surface area contributed by atoms with Gasteiger partial charge < -0.3 is 15.4 Å². The van der Waals surface area contributed by atoms with Gasteiger partial charge in [0.05, 0.1) is 0 Å². The van der Waals surface area contributed by atoms with Gasteiger partial charge in [0.1, 0.15) is 6.61 Å². The van der Waals surface area contributed by atoms with Crippen molar-refractivity contribution in [3.8, 4) is 0 Å². The average Bonchev–Trinajstić information content (AvgIpc) is 2.63. The highest BCUT2D eigenvalue weighted by Gasteiger charge is 2.33. The molecular weight excluding hydrogens is 324 g/mol. The van der Waals surface area contributed by atoms with E-state index in [0.717, 1.165) is 18.4 Å². The topological polar surface area (TPSA) is 50.4 Å². The van der Waals surface area contributed by atoms with Crippen molar-refractivity contribution in [3.63, 3.8) is 0 Å². The number of rotatable bonds is 7. The Morgan fingerprint density at radius 2 is 1.62 bits per heavy atom. The summed E-state index contributed by atoms with van der Waals surface area (Å²) < 4.78 is 5.29. The molecule has 0 bridgehead atoms. The number of hydrogen-bond acceptors (Lipinski definition) is 3. The molecule has 1 fully saturated rings.